The van der Waals surface area contributed by atoms with Crippen LogP contribution in [-0.4, -0.2) is 0 Å². The Morgan fingerprint density at radius 3 is 2.04 bits per heavy atom. The van der Waals surface area contributed by atoms with Crippen LogP contribution in [0.2, 0.25) is 0 Å². The van der Waals surface area contributed by atoms with E-state index in [1.165, 1.54) is 82.2 Å². The van der Waals surface area contributed by atoms with Crippen molar-refractivity contribution in [1.29, 1.82) is 0 Å². The van der Waals surface area contributed by atoms with Crippen molar-refractivity contribution < 1.29 is 4.42 Å². The van der Waals surface area contributed by atoms with E-state index in [0.29, 0.717) is 5.92 Å². The third-order valence-electron chi connectivity index (χ3n) is 10.1. The number of benzene rings is 7. The number of hydrogen-bond acceptors (Lipinski definition) is 1. The van der Waals surface area contributed by atoms with Gasteiger partial charge >= 0.3 is 0 Å². The van der Waals surface area contributed by atoms with Crippen LogP contribution >= 0.6 is 0 Å². The van der Waals surface area contributed by atoms with Crippen molar-refractivity contribution >= 4 is 49.4 Å². The van der Waals surface area contributed by atoms with Crippen LogP contribution in [0.1, 0.15) is 11.3 Å². The largest absolute Gasteiger partial charge is 0.460 e. The number of rotatable bonds is 3. The minimum Gasteiger partial charge on any atom is -0.460 e. The summed E-state index contributed by atoms with van der Waals surface area (Å²) in [6.07, 6.45) is 12.1. The smallest absolute Gasteiger partial charge is 0.134 e. The van der Waals surface area contributed by atoms with Crippen molar-refractivity contribution in [3.63, 3.8) is 0 Å². The maximum Gasteiger partial charge on any atom is 0.134 e. The van der Waals surface area contributed by atoms with Crippen LogP contribution in [0.25, 0.3) is 82.7 Å². The van der Waals surface area contributed by atoms with Gasteiger partial charge in [-0.15, -0.1) is 0 Å². The molecule has 47 heavy (non-hydrogen) atoms. The third-order valence-corrected chi connectivity index (χ3v) is 10.1. The molecule has 2 aliphatic rings. The Morgan fingerprint density at radius 2 is 1.17 bits per heavy atom. The molecule has 0 aliphatic heterocycles. The second-order valence-corrected chi connectivity index (χ2v) is 12.8. The summed E-state index contributed by atoms with van der Waals surface area (Å²) >= 11 is 0. The first-order chi connectivity index (χ1) is 23.3. The monoisotopic (exact) mass is 598 g/mol. The number of furan rings is 1. The van der Waals surface area contributed by atoms with E-state index in [1.807, 2.05) is 0 Å². The quantitative estimate of drug-likeness (QED) is 0.184. The van der Waals surface area contributed by atoms with E-state index < -0.39 is 0 Å². The van der Waals surface area contributed by atoms with Gasteiger partial charge in [0.2, 0.25) is 0 Å². The van der Waals surface area contributed by atoms with Gasteiger partial charge < -0.3 is 4.42 Å². The van der Waals surface area contributed by atoms with Crippen molar-refractivity contribution in [2.75, 3.05) is 0 Å². The zero-order valence-corrected chi connectivity index (χ0v) is 25.8. The van der Waals surface area contributed by atoms with Gasteiger partial charge in [0.05, 0.1) is 0 Å². The van der Waals surface area contributed by atoms with E-state index in [2.05, 4.69) is 164 Å². The second-order valence-electron chi connectivity index (χ2n) is 12.8. The number of hydrogen-bond donors (Lipinski definition) is 0. The van der Waals surface area contributed by atoms with E-state index in [0.717, 1.165) is 17.8 Å². The van der Waals surface area contributed by atoms with Gasteiger partial charge in [0.15, 0.2) is 0 Å². The molecule has 1 aromatic heterocycles. The first kappa shape index (κ1) is 26.3. The highest BCUT2D eigenvalue weighted by Gasteiger charge is 2.25. The molecular weight excluding hydrogens is 569 g/mol. The Kier molecular flexibility index (Phi) is 5.77. The van der Waals surface area contributed by atoms with Crippen molar-refractivity contribution in [2.24, 2.45) is 5.92 Å². The average molecular weight is 599 g/mol. The van der Waals surface area contributed by atoms with Crippen molar-refractivity contribution in [3.8, 4) is 33.4 Å². The Bertz CT molecular complexity index is 2650. The van der Waals surface area contributed by atoms with E-state index in [-0.39, 0.29) is 0 Å². The van der Waals surface area contributed by atoms with Crippen molar-refractivity contribution in [1.82, 2.24) is 0 Å². The van der Waals surface area contributed by atoms with Gasteiger partial charge in [-0.25, -0.2) is 0 Å². The summed E-state index contributed by atoms with van der Waals surface area (Å²) in [6.45, 7) is 0. The summed E-state index contributed by atoms with van der Waals surface area (Å²) in [7, 11) is 0. The van der Waals surface area contributed by atoms with Crippen LogP contribution in [0.3, 0.4) is 0 Å². The molecule has 0 bridgehead atoms. The van der Waals surface area contributed by atoms with E-state index >= 15 is 0 Å². The summed E-state index contributed by atoms with van der Waals surface area (Å²) < 4.78 is 6.49. The third kappa shape index (κ3) is 4.17. The number of allylic oxidation sites excluding steroid dienone is 5. The molecule has 0 N–H and O–H groups in total. The highest BCUT2D eigenvalue weighted by Crippen LogP contribution is 2.46. The maximum atomic E-state index is 6.49. The fourth-order valence-electron chi connectivity index (χ4n) is 7.89. The van der Waals surface area contributed by atoms with Crippen LogP contribution < -0.4 is 0 Å². The normalized spacial score (nSPS) is 15.3. The lowest BCUT2D eigenvalue weighted by molar-refractivity contribution is 0.521. The molecule has 7 aromatic carbocycles. The van der Waals surface area contributed by atoms with E-state index in [4.69, 9.17) is 4.42 Å². The van der Waals surface area contributed by atoms with Crippen LogP contribution in [0.15, 0.2) is 168 Å². The molecule has 0 fully saturated rings. The fraction of sp³-hybridized carbons (Fsp3) is 0.0435. The molecule has 0 saturated carbocycles. The Morgan fingerprint density at radius 1 is 0.489 bits per heavy atom. The molecule has 0 saturated heterocycles. The van der Waals surface area contributed by atoms with E-state index in [1.54, 1.807) is 0 Å². The molecule has 1 atom stereocenters. The average Bonchev–Trinajstić information content (AvgIpc) is 3.49. The van der Waals surface area contributed by atoms with Crippen LogP contribution in [0.4, 0.5) is 0 Å². The van der Waals surface area contributed by atoms with Crippen LogP contribution in [-0.2, 0) is 6.42 Å². The highest BCUT2D eigenvalue weighted by atomic mass is 16.3. The summed E-state index contributed by atoms with van der Waals surface area (Å²) in [5.74, 6) is 1.47. The van der Waals surface area contributed by atoms with Gasteiger partial charge in [-0.1, -0.05) is 133 Å². The van der Waals surface area contributed by atoms with Gasteiger partial charge in [0.25, 0.3) is 0 Å². The zero-order chi connectivity index (χ0) is 30.9. The van der Waals surface area contributed by atoms with Gasteiger partial charge in [-0.2, -0.15) is 0 Å². The maximum absolute atomic E-state index is 6.49. The van der Waals surface area contributed by atoms with Crippen molar-refractivity contribution in [3.05, 3.63) is 175 Å². The summed E-state index contributed by atoms with van der Waals surface area (Å²) in [5.41, 5.74) is 10.9. The first-order valence-electron chi connectivity index (χ1n) is 16.4. The minimum atomic E-state index is 0.388. The second kappa shape index (κ2) is 10.3. The summed E-state index contributed by atoms with van der Waals surface area (Å²) in [5, 5.41) is 8.72. The molecule has 220 valence electrons. The molecule has 1 unspecified atom stereocenters. The Labute approximate surface area is 273 Å². The van der Waals surface area contributed by atoms with Crippen molar-refractivity contribution in [2.45, 2.75) is 6.42 Å². The molecule has 10 rings (SSSR count). The van der Waals surface area contributed by atoms with Crippen LogP contribution in [0, 0.1) is 5.92 Å². The molecule has 1 heterocycles. The molecular formula is C46H30O. The molecule has 1 nitrogen and oxygen atoms in total. The fourth-order valence-corrected chi connectivity index (χ4v) is 7.89. The van der Waals surface area contributed by atoms with Crippen LogP contribution in [0.5, 0.6) is 0 Å². The lowest BCUT2D eigenvalue weighted by atomic mass is 9.83. The van der Waals surface area contributed by atoms with Gasteiger partial charge in [-0.3, -0.25) is 0 Å². The first-order valence-corrected chi connectivity index (χ1v) is 16.4. The predicted octanol–water partition coefficient (Wildman–Crippen LogP) is 12.6. The number of fused-ring (bicyclic) bond motifs is 7. The standard InChI is InChI=1S/C46H30O/c1-2-11-30(12-3-1)45-37-16-8-9-17-38(37)46(42-26-35(20-22-39(42)45)34-19-18-29-10-4-5-13-31(29)24-34)36-21-23-43-40(27-36)41-25-32-14-6-7-15-33(32)28-44(41)47-43/h1-27,33H,28H2. The molecule has 8 aromatic rings. The predicted molar refractivity (Wildman–Crippen MR) is 198 cm³/mol. The lowest BCUT2D eigenvalue weighted by Crippen LogP contribution is -2.09. The molecule has 0 radical (unpaired) electrons. The molecule has 0 amide bonds. The molecule has 2 aliphatic carbocycles. The Balaban J connectivity index is 1.27. The van der Waals surface area contributed by atoms with Gasteiger partial charge in [-0.05, 0) is 102 Å². The minimum absolute atomic E-state index is 0.388. The molecule has 0 spiro atoms. The summed E-state index contributed by atoms with van der Waals surface area (Å²) in [6, 6.07) is 49.0. The van der Waals surface area contributed by atoms with Gasteiger partial charge in [0.1, 0.15) is 11.3 Å². The lowest BCUT2D eigenvalue weighted by Gasteiger charge is -2.20. The molecule has 1 heteroatoms. The highest BCUT2D eigenvalue weighted by molar-refractivity contribution is 6.22. The van der Waals surface area contributed by atoms with Gasteiger partial charge in [0, 0.05) is 23.3 Å². The van der Waals surface area contributed by atoms with E-state index in [9.17, 15) is 0 Å². The SMILES string of the molecule is C1=CC2=Cc3c(oc4ccc(-c5c6ccccc6c(-c6ccccc6)c6ccc(-c7ccc8ccccc8c7)cc56)cc34)CC2C=C1. The summed E-state index contributed by atoms with van der Waals surface area (Å²) in [4.78, 5) is 0. The zero-order valence-electron chi connectivity index (χ0n) is 25.8. The Hall–Kier alpha value is -5.92. The topological polar surface area (TPSA) is 13.1 Å².